The molecule has 190 valence electrons. The van der Waals surface area contributed by atoms with E-state index in [4.69, 9.17) is 9.84 Å². The molecule has 0 aliphatic heterocycles. The molecular formula is C23H32F3N3O5. The Kier molecular flexibility index (Phi) is 11.0. The SMILES string of the molecule is C=C/C(=C\C(=C)OC(F)(F)F)O/C(=N/C(=C(\C)C(=O)N(C)CCCO)N(C)C=O)C1CCC1C. The molecule has 1 aliphatic rings. The summed E-state index contributed by atoms with van der Waals surface area (Å²) in [5.41, 5.74) is 0.150. The van der Waals surface area contributed by atoms with Gasteiger partial charge in [0, 0.05) is 39.2 Å². The molecule has 2 amide bonds. The van der Waals surface area contributed by atoms with Gasteiger partial charge in [0.1, 0.15) is 17.3 Å². The average molecular weight is 488 g/mol. The summed E-state index contributed by atoms with van der Waals surface area (Å²) in [6.07, 6.45) is -0.372. The fourth-order valence-corrected chi connectivity index (χ4v) is 3.18. The van der Waals surface area contributed by atoms with Crippen LogP contribution in [0.5, 0.6) is 0 Å². The van der Waals surface area contributed by atoms with Crippen molar-refractivity contribution in [3.05, 3.63) is 48.2 Å². The minimum atomic E-state index is -4.92. The third-order valence-corrected chi connectivity index (χ3v) is 5.27. The topological polar surface area (TPSA) is 91.7 Å². The zero-order chi connectivity index (χ0) is 26.1. The lowest BCUT2D eigenvalue weighted by Crippen LogP contribution is -2.34. The number of nitrogens with zero attached hydrogens (tertiary/aromatic N) is 3. The van der Waals surface area contributed by atoms with Crippen LogP contribution in [0.4, 0.5) is 13.2 Å². The van der Waals surface area contributed by atoms with Crippen LogP contribution in [0, 0.1) is 11.8 Å². The number of halogens is 3. The molecule has 1 aliphatic carbocycles. The molecule has 8 nitrogen and oxygen atoms in total. The molecule has 1 saturated carbocycles. The molecule has 0 bridgehead atoms. The lowest BCUT2D eigenvalue weighted by Gasteiger charge is -2.34. The fraction of sp³-hybridized carbons (Fsp3) is 0.522. The molecule has 1 fully saturated rings. The second-order valence-electron chi connectivity index (χ2n) is 7.95. The highest BCUT2D eigenvalue weighted by atomic mass is 19.4. The monoisotopic (exact) mass is 487 g/mol. The molecule has 0 spiro atoms. The van der Waals surface area contributed by atoms with Crippen LogP contribution in [0.2, 0.25) is 0 Å². The Morgan fingerprint density at radius 1 is 1.29 bits per heavy atom. The maximum atomic E-state index is 12.8. The van der Waals surface area contributed by atoms with Gasteiger partial charge in [0.15, 0.2) is 5.90 Å². The third kappa shape index (κ3) is 8.69. The summed E-state index contributed by atoms with van der Waals surface area (Å²) in [5, 5.41) is 9.01. The minimum Gasteiger partial charge on any atom is -0.442 e. The maximum Gasteiger partial charge on any atom is 0.573 e. The van der Waals surface area contributed by atoms with Crippen molar-refractivity contribution in [1.29, 1.82) is 0 Å². The third-order valence-electron chi connectivity index (χ3n) is 5.27. The molecule has 34 heavy (non-hydrogen) atoms. The van der Waals surface area contributed by atoms with E-state index in [2.05, 4.69) is 22.9 Å². The normalized spacial score (nSPS) is 19.4. The number of carbonyl (C=O) groups excluding carboxylic acids is 2. The van der Waals surface area contributed by atoms with Gasteiger partial charge < -0.3 is 24.4 Å². The number of ether oxygens (including phenoxy) is 2. The molecule has 1 rings (SSSR count). The van der Waals surface area contributed by atoms with E-state index in [9.17, 15) is 22.8 Å². The van der Waals surface area contributed by atoms with Crippen molar-refractivity contribution in [2.45, 2.75) is 39.5 Å². The van der Waals surface area contributed by atoms with Crippen molar-refractivity contribution in [2.75, 3.05) is 27.2 Å². The number of hydrogen-bond donors (Lipinski definition) is 1. The Hall–Kier alpha value is -3.08. The van der Waals surface area contributed by atoms with Gasteiger partial charge in [-0.3, -0.25) is 9.59 Å². The summed E-state index contributed by atoms with van der Waals surface area (Å²) in [6.45, 7) is 10.4. The molecule has 11 heteroatoms. The van der Waals surface area contributed by atoms with Gasteiger partial charge >= 0.3 is 6.36 Å². The number of aliphatic hydroxyl groups is 1. The Morgan fingerprint density at radius 2 is 1.94 bits per heavy atom. The van der Waals surface area contributed by atoms with Crippen molar-refractivity contribution in [3.63, 3.8) is 0 Å². The van der Waals surface area contributed by atoms with E-state index >= 15 is 0 Å². The van der Waals surface area contributed by atoms with Gasteiger partial charge in [-0.05, 0) is 38.2 Å². The molecule has 0 heterocycles. The molecule has 0 radical (unpaired) electrons. The van der Waals surface area contributed by atoms with Crippen molar-refractivity contribution in [2.24, 2.45) is 16.8 Å². The highest BCUT2D eigenvalue weighted by Crippen LogP contribution is 2.36. The zero-order valence-electron chi connectivity index (χ0n) is 19.9. The predicted molar refractivity (Wildman–Crippen MR) is 121 cm³/mol. The molecule has 2 unspecified atom stereocenters. The summed E-state index contributed by atoms with van der Waals surface area (Å²) in [6, 6.07) is 0. The van der Waals surface area contributed by atoms with Gasteiger partial charge in [0.05, 0.1) is 5.57 Å². The van der Waals surface area contributed by atoms with Crippen LogP contribution in [0.1, 0.15) is 33.1 Å². The summed E-state index contributed by atoms with van der Waals surface area (Å²) in [5.74, 6) is -1.09. The number of alkyl halides is 3. The quantitative estimate of drug-likeness (QED) is 0.113. The molecule has 0 aromatic rings. The molecule has 0 aromatic heterocycles. The van der Waals surface area contributed by atoms with Crippen LogP contribution < -0.4 is 0 Å². The van der Waals surface area contributed by atoms with E-state index < -0.39 is 18.0 Å². The lowest BCUT2D eigenvalue weighted by atomic mass is 9.75. The van der Waals surface area contributed by atoms with E-state index in [1.807, 2.05) is 6.92 Å². The smallest absolute Gasteiger partial charge is 0.442 e. The Morgan fingerprint density at radius 3 is 2.38 bits per heavy atom. The van der Waals surface area contributed by atoms with Crippen molar-refractivity contribution in [3.8, 4) is 0 Å². The highest BCUT2D eigenvalue weighted by molar-refractivity contribution is 5.94. The Labute approximate surface area is 197 Å². The van der Waals surface area contributed by atoms with Crippen LogP contribution in [-0.4, -0.2) is 66.7 Å². The summed E-state index contributed by atoms with van der Waals surface area (Å²) in [7, 11) is 2.97. The first kappa shape index (κ1) is 29.0. The maximum absolute atomic E-state index is 12.8. The van der Waals surface area contributed by atoms with E-state index in [0.717, 1.165) is 17.4 Å². The van der Waals surface area contributed by atoms with Crippen LogP contribution in [-0.2, 0) is 19.1 Å². The number of rotatable bonds is 12. The van der Waals surface area contributed by atoms with Crippen LogP contribution in [0.3, 0.4) is 0 Å². The Balaban J connectivity index is 3.42. The largest absolute Gasteiger partial charge is 0.573 e. The highest BCUT2D eigenvalue weighted by Gasteiger charge is 2.35. The fourth-order valence-electron chi connectivity index (χ4n) is 3.18. The first-order chi connectivity index (χ1) is 15.8. The van der Waals surface area contributed by atoms with Gasteiger partial charge in [-0.15, -0.1) is 13.2 Å². The molecular weight excluding hydrogens is 455 g/mol. The van der Waals surface area contributed by atoms with E-state index in [1.165, 1.54) is 24.9 Å². The van der Waals surface area contributed by atoms with Crippen LogP contribution >= 0.6 is 0 Å². The standard InChI is InChI=1S/C23H32F3N3O5/c1-7-18(13-16(3)34-23(24,25)26)33-21(19-10-9-15(19)2)27-20(29(6)14-31)17(4)22(32)28(5)11-8-12-30/h7,13-15,19,30H,1,3,8-12H2,2,4-6H3/b18-13+,20-17-,27-21+. The second kappa shape index (κ2) is 13.0. The lowest BCUT2D eigenvalue weighted by molar-refractivity contribution is -0.303. The summed E-state index contributed by atoms with van der Waals surface area (Å²) < 4.78 is 47.0. The van der Waals surface area contributed by atoms with Crippen molar-refractivity contribution < 1.29 is 37.3 Å². The van der Waals surface area contributed by atoms with Gasteiger partial charge in [0.25, 0.3) is 5.91 Å². The molecule has 0 saturated heterocycles. The molecule has 2 atom stereocenters. The number of aliphatic hydroxyl groups excluding tert-OH is 1. The minimum absolute atomic E-state index is 0.0266. The average Bonchev–Trinajstić information content (AvgIpc) is 2.76. The first-order valence-corrected chi connectivity index (χ1v) is 10.6. The van der Waals surface area contributed by atoms with E-state index in [0.29, 0.717) is 25.8 Å². The van der Waals surface area contributed by atoms with Gasteiger partial charge in [0.2, 0.25) is 6.41 Å². The van der Waals surface area contributed by atoms with Crippen LogP contribution in [0.15, 0.2) is 53.2 Å². The summed E-state index contributed by atoms with van der Waals surface area (Å²) >= 11 is 0. The number of carbonyl (C=O) groups is 2. The van der Waals surface area contributed by atoms with Crippen molar-refractivity contribution in [1.82, 2.24) is 9.80 Å². The number of hydrogen-bond acceptors (Lipinski definition) is 6. The van der Waals surface area contributed by atoms with E-state index in [-0.39, 0.29) is 41.5 Å². The van der Waals surface area contributed by atoms with Crippen LogP contribution in [0.25, 0.3) is 0 Å². The molecule has 0 aromatic carbocycles. The zero-order valence-corrected chi connectivity index (χ0v) is 19.9. The van der Waals surface area contributed by atoms with Gasteiger partial charge in [-0.1, -0.05) is 20.1 Å². The number of aliphatic imine (C=N–C) groups is 1. The Bertz CT molecular complexity index is 864. The number of amides is 2. The number of likely N-dealkylation sites (N-methyl/N-ethyl adjacent to an activating group) is 1. The first-order valence-electron chi connectivity index (χ1n) is 10.6. The van der Waals surface area contributed by atoms with Crippen molar-refractivity contribution >= 4 is 18.2 Å². The second-order valence-corrected chi connectivity index (χ2v) is 7.95. The van der Waals surface area contributed by atoms with Gasteiger partial charge in [-0.25, -0.2) is 0 Å². The number of allylic oxidation sites excluding steroid dienone is 2. The summed E-state index contributed by atoms with van der Waals surface area (Å²) in [4.78, 5) is 31.3. The van der Waals surface area contributed by atoms with E-state index in [1.54, 1.807) is 7.05 Å². The predicted octanol–water partition coefficient (Wildman–Crippen LogP) is 3.73. The van der Waals surface area contributed by atoms with Gasteiger partial charge in [-0.2, -0.15) is 4.99 Å². The molecule has 1 N–H and O–H groups in total.